The van der Waals surface area contributed by atoms with Crippen LogP contribution >= 0.6 is 11.3 Å². The molecule has 7 nitrogen and oxygen atoms in total. The van der Waals surface area contributed by atoms with Crippen molar-refractivity contribution < 1.29 is 13.2 Å². The molecule has 0 unspecified atom stereocenters. The van der Waals surface area contributed by atoms with Crippen LogP contribution in [0.4, 0.5) is 10.8 Å². The SMILES string of the molecule is CCN(CC)CCN(C(=O)c1ccccc1NS(=O)(=O)c1ccc(C)cc1)c1nc2cc(C)c(C)cc2s1. The first-order valence-electron chi connectivity index (χ1n) is 12.7. The molecule has 38 heavy (non-hydrogen) atoms. The van der Waals surface area contributed by atoms with Gasteiger partial charge in [0, 0.05) is 13.1 Å². The van der Waals surface area contributed by atoms with Crippen molar-refractivity contribution in [3.8, 4) is 0 Å². The van der Waals surface area contributed by atoms with Crippen molar-refractivity contribution in [1.29, 1.82) is 0 Å². The van der Waals surface area contributed by atoms with Crippen LogP contribution in [0.2, 0.25) is 0 Å². The molecular weight excluding hydrogens is 516 g/mol. The number of para-hydroxylation sites is 1. The maximum atomic E-state index is 14.1. The highest BCUT2D eigenvalue weighted by atomic mass is 32.2. The molecule has 0 bridgehead atoms. The smallest absolute Gasteiger partial charge is 0.262 e. The number of rotatable bonds is 10. The first-order valence-corrected chi connectivity index (χ1v) is 15.0. The molecule has 0 atom stereocenters. The van der Waals surface area contributed by atoms with Crippen LogP contribution < -0.4 is 9.62 Å². The van der Waals surface area contributed by atoms with Crippen LogP contribution in [0.1, 0.15) is 40.9 Å². The molecule has 0 saturated heterocycles. The summed E-state index contributed by atoms with van der Waals surface area (Å²) in [5, 5.41) is 0.596. The molecule has 200 valence electrons. The van der Waals surface area contributed by atoms with Crippen molar-refractivity contribution in [3.63, 3.8) is 0 Å². The number of thiazole rings is 1. The molecule has 3 aromatic carbocycles. The fourth-order valence-electron chi connectivity index (χ4n) is 4.17. The Hall–Kier alpha value is -3.27. The monoisotopic (exact) mass is 550 g/mol. The fourth-order valence-corrected chi connectivity index (χ4v) is 6.32. The number of hydrogen-bond acceptors (Lipinski definition) is 6. The highest BCUT2D eigenvalue weighted by Gasteiger charge is 2.26. The lowest BCUT2D eigenvalue weighted by Gasteiger charge is -2.25. The third-order valence-corrected chi connectivity index (χ3v) is 9.16. The minimum atomic E-state index is -3.88. The Bertz CT molecular complexity index is 1500. The Morgan fingerprint density at radius 3 is 2.26 bits per heavy atom. The normalized spacial score (nSPS) is 11.7. The molecule has 0 aliphatic rings. The van der Waals surface area contributed by atoms with Crippen molar-refractivity contribution in [2.45, 2.75) is 39.5 Å². The van der Waals surface area contributed by atoms with Crippen LogP contribution in [0.3, 0.4) is 0 Å². The van der Waals surface area contributed by atoms with Gasteiger partial charge in [-0.2, -0.15) is 0 Å². The van der Waals surface area contributed by atoms with Gasteiger partial charge in [-0.3, -0.25) is 14.4 Å². The Balaban J connectivity index is 1.72. The summed E-state index contributed by atoms with van der Waals surface area (Å²) in [4.78, 5) is 22.9. The number of hydrogen-bond donors (Lipinski definition) is 1. The van der Waals surface area contributed by atoms with Gasteiger partial charge in [0.15, 0.2) is 5.13 Å². The van der Waals surface area contributed by atoms with Crippen molar-refractivity contribution in [2.24, 2.45) is 0 Å². The summed E-state index contributed by atoms with van der Waals surface area (Å²) in [6, 6.07) is 17.5. The number of fused-ring (bicyclic) bond motifs is 1. The summed E-state index contributed by atoms with van der Waals surface area (Å²) in [6.45, 7) is 13.0. The lowest BCUT2D eigenvalue weighted by atomic mass is 10.1. The van der Waals surface area contributed by atoms with Gasteiger partial charge in [0.2, 0.25) is 0 Å². The highest BCUT2D eigenvalue weighted by molar-refractivity contribution is 7.92. The average molecular weight is 551 g/mol. The second-order valence-electron chi connectivity index (χ2n) is 9.35. The number of likely N-dealkylation sites (N-methyl/N-ethyl adjacent to an activating group) is 1. The highest BCUT2D eigenvalue weighted by Crippen LogP contribution is 2.32. The van der Waals surface area contributed by atoms with Gasteiger partial charge in [-0.25, -0.2) is 13.4 Å². The molecule has 0 saturated carbocycles. The maximum absolute atomic E-state index is 14.1. The molecule has 1 aromatic heterocycles. The average Bonchev–Trinajstić information content (AvgIpc) is 3.29. The van der Waals surface area contributed by atoms with Crippen LogP contribution in [0.15, 0.2) is 65.6 Å². The number of sulfonamides is 1. The molecule has 1 amide bonds. The molecule has 0 aliphatic heterocycles. The molecule has 4 rings (SSSR count). The Morgan fingerprint density at radius 1 is 0.921 bits per heavy atom. The molecule has 0 radical (unpaired) electrons. The van der Waals surface area contributed by atoms with Crippen LogP contribution in [-0.4, -0.2) is 50.4 Å². The van der Waals surface area contributed by atoms with Crippen LogP contribution in [0, 0.1) is 20.8 Å². The van der Waals surface area contributed by atoms with Crippen molar-refractivity contribution in [1.82, 2.24) is 9.88 Å². The largest absolute Gasteiger partial charge is 0.302 e. The van der Waals surface area contributed by atoms with E-state index < -0.39 is 10.0 Å². The molecule has 0 fully saturated rings. The Morgan fingerprint density at radius 2 is 1.58 bits per heavy atom. The first-order chi connectivity index (χ1) is 18.1. The first kappa shape index (κ1) is 27.8. The van der Waals surface area contributed by atoms with E-state index in [2.05, 4.69) is 36.5 Å². The standard InChI is InChI=1S/C29H34N4O3S2/c1-6-32(7-2)16-17-33(29-30-26-18-21(4)22(5)19-27(26)37-29)28(34)24-10-8-9-11-25(24)31-38(35,36)23-14-12-20(3)13-15-23/h8-15,18-19,31H,6-7,16-17H2,1-5H3. The number of amides is 1. The summed E-state index contributed by atoms with van der Waals surface area (Å²) < 4.78 is 29.9. The number of aryl methyl sites for hydroxylation is 3. The van der Waals surface area contributed by atoms with Crippen LogP contribution in [0.25, 0.3) is 10.2 Å². The summed E-state index contributed by atoms with van der Waals surface area (Å²) >= 11 is 1.47. The van der Waals surface area contributed by atoms with Gasteiger partial charge in [-0.15, -0.1) is 0 Å². The van der Waals surface area contributed by atoms with Gasteiger partial charge in [-0.05, 0) is 81.4 Å². The quantitative estimate of drug-likeness (QED) is 0.261. The number of aromatic nitrogens is 1. The second-order valence-corrected chi connectivity index (χ2v) is 12.0. The van der Waals surface area contributed by atoms with E-state index >= 15 is 0 Å². The van der Waals surface area contributed by atoms with Crippen LogP contribution in [-0.2, 0) is 10.0 Å². The number of carbonyl (C=O) groups is 1. The van der Waals surface area contributed by atoms with Crippen molar-refractivity contribution in [2.75, 3.05) is 35.8 Å². The summed E-state index contributed by atoms with van der Waals surface area (Å²) in [6.07, 6.45) is 0. The molecule has 0 spiro atoms. The Labute approximate surface area is 229 Å². The van der Waals surface area contributed by atoms with Gasteiger partial charge in [-0.1, -0.05) is 55.0 Å². The Kier molecular flexibility index (Phi) is 8.50. The summed E-state index contributed by atoms with van der Waals surface area (Å²) in [5.74, 6) is -0.299. The fraction of sp³-hybridized carbons (Fsp3) is 0.310. The molecule has 1 N–H and O–H groups in total. The third kappa shape index (κ3) is 6.06. The molecule has 4 aromatic rings. The van der Waals surface area contributed by atoms with Crippen molar-refractivity contribution >= 4 is 48.3 Å². The maximum Gasteiger partial charge on any atom is 0.262 e. The lowest BCUT2D eigenvalue weighted by molar-refractivity contribution is 0.0984. The van der Waals surface area contributed by atoms with Gasteiger partial charge < -0.3 is 4.90 Å². The predicted molar refractivity (Wildman–Crippen MR) is 157 cm³/mol. The predicted octanol–water partition coefficient (Wildman–Crippen LogP) is 6.01. The summed E-state index contributed by atoms with van der Waals surface area (Å²) in [7, 11) is -3.88. The van der Waals surface area contributed by atoms with Crippen molar-refractivity contribution in [3.05, 3.63) is 82.9 Å². The van der Waals surface area contributed by atoms with E-state index in [1.807, 2.05) is 19.9 Å². The van der Waals surface area contributed by atoms with E-state index in [0.717, 1.165) is 34.4 Å². The van der Waals surface area contributed by atoms with Crippen LogP contribution in [0.5, 0.6) is 0 Å². The van der Waals surface area contributed by atoms with E-state index in [-0.39, 0.29) is 22.1 Å². The third-order valence-electron chi connectivity index (χ3n) is 6.74. The van der Waals surface area contributed by atoms with Gasteiger partial charge in [0.05, 0.1) is 26.4 Å². The number of nitrogens with one attached hydrogen (secondary N) is 1. The number of carbonyl (C=O) groups excluding carboxylic acids is 1. The number of nitrogens with zero attached hydrogens (tertiary/aromatic N) is 3. The number of anilines is 2. The zero-order chi connectivity index (χ0) is 27.4. The topological polar surface area (TPSA) is 82.6 Å². The molecular formula is C29H34N4O3S2. The second kappa shape index (κ2) is 11.6. The zero-order valence-electron chi connectivity index (χ0n) is 22.5. The minimum absolute atomic E-state index is 0.139. The molecule has 1 heterocycles. The van der Waals surface area contributed by atoms with E-state index in [1.54, 1.807) is 53.4 Å². The molecule has 9 heteroatoms. The minimum Gasteiger partial charge on any atom is -0.302 e. The van der Waals surface area contributed by atoms with E-state index in [0.29, 0.717) is 18.2 Å². The lowest BCUT2D eigenvalue weighted by Crippen LogP contribution is -2.39. The summed E-state index contributed by atoms with van der Waals surface area (Å²) in [5.41, 5.74) is 4.63. The van der Waals surface area contributed by atoms with Gasteiger partial charge in [0.25, 0.3) is 15.9 Å². The number of benzene rings is 3. The van der Waals surface area contributed by atoms with E-state index in [1.165, 1.54) is 16.9 Å². The van der Waals surface area contributed by atoms with Gasteiger partial charge in [0.1, 0.15) is 0 Å². The molecule has 0 aliphatic carbocycles. The van der Waals surface area contributed by atoms with E-state index in [9.17, 15) is 13.2 Å². The van der Waals surface area contributed by atoms with E-state index in [4.69, 9.17) is 4.98 Å². The zero-order valence-corrected chi connectivity index (χ0v) is 24.1. The van der Waals surface area contributed by atoms with Gasteiger partial charge >= 0.3 is 0 Å².